The number of aromatic nitrogens is 2. The van der Waals surface area contributed by atoms with Crippen molar-refractivity contribution in [3.05, 3.63) is 16.9 Å². The Morgan fingerprint density at radius 1 is 1.92 bits per heavy atom. The lowest BCUT2D eigenvalue weighted by molar-refractivity contribution is 0.0688. The summed E-state index contributed by atoms with van der Waals surface area (Å²) < 4.78 is 13.9. The maximum absolute atomic E-state index is 13.0. The predicted octanol–water partition coefficient (Wildman–Crippen LogP) is 2.11. The number of nitrogens with zero attached hydrogens (tertiary/aromatic N) is 2. The van der Waals surface area contributed by atoms with Crippen LogP contribution in [0, 0.1) is 0 Å². The summed E-state index contributed by atoms with van der Waals surface area (Å²) in [5.74, 6) is -1.26. The lowest BCUT2D eigenvalue weighted by atomic mass is 10.4. The number of rotatable bonds is 3. The molecule has 0 bridgehead atoms. The third-order valence-electron chi connectivity index (χ3n) is 1.51. The van der Waals surface area contributed by atoms with Gasteiger partial charge in [0.05, 0.1) is 5.02 Å². The summed E-state index contributed by atoms with van der Waals surface area (Å²) in [4.78, 5) is 10.5. The molecule has 0 spiro atoms. The zero-order chi connectivity index (χ0) is 10.0. The lowest BCUT2D eigenvalue weighted by Crippen LogP contribution is -2.05. The van der Waals surface area contributed by atoms with E-state index in [1.54, 1.807) is 6.92 Å². The van der Waals surface area contributed by atoms with E-state index in [-0.39, 0.29) is 17.1 Å². The molecule has 72 valence electrons. The number of hydrogen-bond acceptors (Lipinski definition) is 2. The van der Waals surface area contributed by atoms with Crippen LogP contribution in [0.3, 0.4) is 0 Å². The van der Waals surface area contributed by atoms with Crippen LogP contribution in [0.15, 0.2) is 6.20 Å². The van der Waals surface area contributed by atoms with Crippen molar-refractivity contribution in [2.45, 2.75) is 19.6 Å². The fraction of sp³-hybridized carbons (Fsp3) is 0.429. The summed E-state index contributed by atoms with van der Waals surface area (Å²) in [6.07, 6.45) is 0.0570. The Bertz CT molecular complexity index is 326. The highest BCUT2D eigenvalue weighted by Gasteiger charge is 2.17. The minimum absolute atomic E-state index is 0.0522. The molecule has 0 aliphatic heterocycles. The largest absolute Gasteiger partial charge is 0.476 e. The van der Waals surface area contributed by atoms with Crippen LogP contribution < -0.4 is 0 Å². The third kappa shape index (κ3) is 1.98. The second kappa shape index (κ2) is 3.74. The lowest BCUT2D eigenvalue weighted by Gasteiger charge is -2.03. The smallest absolute Gasteiger partial charge is 0.357 e. The van der Waals surface area contributed by atoms with Crippen molar-refractivity contribution in [2.75, 3.05) is 0 Å². The van der Waals surface area contributed by atoms with E-state index in [1.165, 1.54) is 6.20 Å². The molecule has 6 heteroatoms. The summed E-state index contributed by atoms with van der Waals surface area (Å²) in [5.41, 5.74) is -0.322. The van der Waals surface area contributed by atoms with Gasteiger partial charge < -0.3 is 5.11 Å². The van der Waals surface area contributed by atoms with Gasteiger partial charge in [-0.25, -0.2) is 13.9 Å². The molecule has 4 nitrogen and oxygen atoms in total. The minimum atomic E-state index is -1.33. The molecule has 1 unspecified atom stereocenters. The average Bonchev–Trinajstić information content (AvgIpc) is 2.46. The summed E-state index contributed by atoms with van der Waals surface area (Å²) in [5, 5.41) is 12.0. The first kappa shape index (κ1) is 9.98. The summed E-state index contributed by atoms with van der Waals surface area (Å²) >= 11 is 5.51. The molecule has 0 aromatic carbocycles. The van der Waals surface area contributed by atoms with Crippen molar-refractivity contribution in [1.82, 2.24) is 9.78 Å². The van der Waals surface area contributed by atoms with Crippen LogP contribution in [0.25, 0.3) is 0 Å². The van der Waals surface area contributed by atoms with Gasteiger partial charge in [-0.1, -0.05) is 18.5 Å². The normalized spacial score (nSPS) is 12.8. The van der Waals surface area contributed by atoms with Crippen molar-refractivity contribution in [3.8, 4) is 0 Å². The van der Waals surface area contributed by atoms with Crippen LogP contribution in [0.5, 0.6) is 0 Å². The van der Waals surface area contributed by atoms with Crippen LogP contribution in [0.2, 0.25) is 5.02 Å². The Hall–Kier alpha value is -1.10. The number of alkyl halides is 1. The van der Waals surface area contributed by atoms with Crippen LogP contribution in [0.1, 0.15) is 30.1 Å². The number of aromatic carboxylic acids is 1. The Morgan fingerprint density at radius 3 is 2.92 bits per heavy atom. The molecule has 1 aromatic heterocycles. The van der Waals surface area contributed by atoms with Crippen molar-refractivity contribution in [2.24, 2.45) is 0 Å². The molecule has 1 rings (SSSR count). The molecule has 1 atom stereocenters. The van der Waals surface area contributed by atoms with Gasteiger partial charge in [-0.3, -0.25) is 0 Å². The van der Waals surface area contributed by atoms with Crippen molar-refractivity contribution < 1.29 is 14.3 Å². The zero-order valence-corrected chi connectivity index (χ0v) is 7.62. The highest BCUT2D eigenvalue weighted by Crippen LogP contribution is 2.19. The molecular formula is C7H8ClFN2O2. The quantitative estimate of drug-likeness (QED) is 0.824. The van der Waals surface area contributed by atoms with Gasteiger partial charge in [-0.05, 0) is 6.42 Å². The van der Waals surface area contributed by atoms with Gasteiger partial charge in [-0.15, -0.1) is 0 Å². The molecule has 1 heterocycles. The van der Waals surface area contributed by atoms with Gasteiger partial charge in [0.15, 0.2) is 12.0 Å². The van der Waals surface area contributed by atoms with Gasteiger partial charge in [0, 0.05) is 6.20 Å². The molecule has 0 radical (unpaired) electrons. The molecule has 0 fully saturated rings. The summed E-state index contributed by atoms with van der Waals surface area (Å²) in [6.45, 7) is 1.63. The Kier molecular flexibility index (Phi) is 2.87. The Balaban J connectivity index is 3.01. The van der Waals surface area contributed by atoms with Crippen LogP contribution in [0.4, 0.5) is 4.39 Å². The van der Waals surface area contributed by atoms with Crippen molar-refractivity contribution in [3.63, 3.8) is 0 Å². The molecule has 1 aromatic rings. The molecule has 0 amide bonds. The fourth-order valence-corrected chi connectivity index (χ4v) is 1.06. The molecular weight excluding hydrogens is 199 g/mol. The van der Waals surface area contributed by atoms with E-state index in [1.807, 2.05) is 0 Å². The van der Waals surface area contributed by atoms with Gasteiger partial charge in [0.1, 0.15) is 0 Å². The van der Waals surface area contributed by atoms with E-state index in [0.29, 0.717) is 0 Å². The number of carboxylic acids is 1. The third-order valence-corrected chi connectivity index (χ3v) is 1.79. The number of carbonyl (C=O) groups is 1. The SMILES string of the molecule is CCC(F)n1cc(Cl)c(C(=O)O)n1. The van der Waals surface area contributed by atoms with E-state index in [2.05, 4.69) is 5.10 Å². The van der Waals surface area contributed by atoms with E-state index in [4.69, 9.17) is 16.7 Å². The van der Waals surface area contributed by atoms with Crippen LogP contribution in [-0.2, 0) is 0 Å². The van der Waals surface area contributed by atoms with Crippen molar-refractivity contribution >= 4 is 17.6 Å². The maximum atomic E-state index is 13.0. The molecule has 0 saturated carbocycles. The van der Waals surface area contributed by atoms with Gasteiger partial charge in [0.25, 0.3) is 0 Å². The van der Waals surface area contributed by atoms with Gasteiger partial charge >= 0.3 is 5.97 Å². The van der Waals surface area contributed by atoms with Gasteiger partial charge in [0.2, 0.25) is 0 Å². The first-order chi connectivity index (χ1) is 6.06. The first-order valence-corrected chi connectivity index (χ1v) is 4.06. The predicted molar refractivity (Wildman–Crippen MR) is 44.6 cm³/mol. The average molecular weight is 207 g/mol. The van der Waals surface area contributed by atoms with Crippen molar-refractivity contribution in [1.29, 1.82) is 0 Å². The highest BCUT2D eigenvalue weighted by molar-refractivity contribution is 6.33. The van der Waals surface area contributed by atoms with E-state index < -0.39 is 12.3 Å². The topological polar surface area (TPSA) is 55.1 Å². The minimum Gasteiger partial charge on any atom is -0.476 e. The molecule has 0 aliphatic rings. The molecule has 0 saturated heterocycles. The summed E-state index contributed by atoms with van der Waals surface area (Å²) in [7, 11) is 0. The molecule has 1 N–H and O–H groups in total. The Morgan fingerprint density at radius 2 is 2.54 bits per heavy atom. The Labute approximate surface area is 78.9 Å². The zero-order valence-electron chi connectivity index (χ0n) is 6.87. The summed E-state index contributed by atoms with van der Waals surface area (Å²) in [6, 6.07) is 0. The number of carboxylic acid groups (broad SMARTS) is 1. The highest BCUT2D eigenvalue weighted by atomic mass is 35.5. The second-order valence-electron chi connectivity index (χ2n) is 2.45. The monoisotopic (exact) mass is 206 g/mol. The van der Waals surface area contributed by atoms with Crippen LogP contribution >= 0.6 is 11.6 Å². The fourth-order valence-electron chi connectivity index (χ4n) is 0.845. The van der Waals surface area contributed by atoms with Gasteiger partial charge in [-0.2, -0.15) is 5.10 Å². The number of hydrogen-bond donors (Lipinski definition) is 1. The maximum Gasteiger partial charge on any atom is 0.357 e. The standard InChI is InChI=1S/C7H8ClFN2O2/c1-2-5(9)11-3-4(8)6(10-11)7(12)13/h3,5H,2H2,1H3,(H,12,13). The molecule has 0 aliphatic carbocycles. The van der Waals surface area contributed by atoms with E-state index in [0.717, 1.165) is 4.68 Å². The van der Waals surface area contributed by atoms with Crippen LogP contribution in [-0.4, -0.2) is 20.9 Å². The van der Waals surface area contributed by atoms with E-state index >= 15 is 0 Å². The first-order valence-electron chi connectivity index (χ1n) is 3.68. The van der Waals surface area contributed by atoms with E-state index in [9.17, 15) is 9.18 Å². The molecule has 13 heavy (non-hydrogen) atoms. The number of halogens is 2. The second-order valence-corrected chi connectivity index (χ2v) is 2.86.